The molecule has 0 radical (unpaired) electrons. The second kappa shape index (κ2) is 7.87. The van der Waals surface area contributed by atoms with Crippen LogP contribution in [0.1, 0.15) is 15.9 Å². The van der Waals surface area contributed by atoms with E-state index in [1.54, 1.807) is 25.3 Å². The van der Waals surface area contributed by atoms with Gasteiger partial charge in [0.05, 0.1) is 19.7 Å². The third kappa shape index (κ3) is 3.61. The highest BCUT2D eigenvalue weighted by atomic mass is 16.5. The van der Waals surface area contributed by atoms with E-state index in [9.17, 15) is 4.79 Å². The molecule has 134 valence electrons. The lowest BCUT2D eigenvalue weighted by Crippen LogP contribution is -2.29. The molecular weight excluding hydrogens is 328 g/mol. The molecule has 0 saturated carbocycles. The van der Waals surface area contributed by atoms with Gasteiger partial charge in [-0.05, 0) is 42.3 Å². The topological polar surface area (TPSA) is 51.7 Å². The zero-order valence-electron chi connectivity index (χ0n) is 15.2. The monoisotopic (exact) mass is 350 g/mol. The molecule has 5 heteroatoms. The first-order valence-electron chi connectivity index (χ1n) is 8.44. The number of carbonyl (C=O) groups excluding carboxylic acids is 1. The van der Waals surface area contributed by atoms with Crippen molar-refractivity contribution in [2.24, 2.45) is 0 Å². The number of benzene rings is 2. The number of hydrogen-bond acceptors (Lipinski definition) is 4. The first kappa shape index (κ1) is 17.7. The lowest BCUT2D eigenvalue weighted by atomic mass is 10.1. The Kier molecular flexibility index (Phi) is 5.37. The van der Waals surface area contributed by atoms with Crippen LogP contribution in [-0.4, -0.2) is 43.6 Å². The average Bonchev–Trinajstić information content (AvgIpc) is 2.70. The van der Waals surface area contributed by atoms with Crippen LogP contribution in [0, 0.1) is 0 Å². The van der Waals surface area contributed by atoms with Crippen LogP contribution in [0.4, 0.5) is 0 Å². The van der Waals surface area contributed by atoms with Gasteiger partial charge in [-0.1, -0.05) is 18.2 Å². The Morgan fingerprint density at radius 1 is 1.04 bits per heavy atom. The highest BCUT2D eigenvalue weighted by Gasteiger charge is 2.15. The molecule has 0 unspecified atom stereocenters. The van der Waals surface area contributed by atoms with E-state index in [2.05, 4.69) is 4.98 Å². The number of pyridine rings is 1. The molecule has 1 heterocycles. The van der Waals surface area contributed by atoms with E-state index in [0.717, 1.165) is 22.9 Å². The summed E-state index contributed by atoms with van der Waals surface area (Å²) in [7, 11) is 5.05. The Balaban J connectivity index is 1.73. The summed E-state index contributed by atoms with van der Waals surface area (Å²) < 4.78 is 10.6. The fourth-order valence-electron chi connectivity index (χ4n) is 2.93. The van der Waals surface area contributed by atoms with Gasteiger partial charge in [-0.2, -0.15) is 0 Å². The van der Waals surface area contributed by atoms with Crippen molar-refractivity contribution in [3.63, 3.8) is 0 Å². The fourth-order valence-corrected chi connectivity index (χ4v) is 2.93. The standard InChI is InChI=1S/C21H22N2O3/c1-23(13-11-15-9-10-19(25-2)20(14-15)26-3)21(24)17-6-4-8-18-16(17)7-5-12-22-18/h4-10,12,14H,11,13H2,1-3H3. The molecule has 0 aliphatic rings. The van der Waals surface area contributed by atoms with Gasteiger partial charge in [0, 0.05) is 30.7 Å². The first-order chi connectivity index (χ1) is 12.6. The number of likely N-dealkylation sites (N-methyl/N-ethyl adjacent to an activating group) is 1. The van der Waals surface area contributed by atoms with E-state index < -0.39 is 0 Å². The van der Waals surface area contributed by atoms with Crippen molar-refractivity contribution in [2.45, 2.75) is 6.42 Å². The maximum Gasteiger partial charge on any atom is 0.254 e. The molecule has 0 fully saturated rings. The molecule has 2 aromatic carbocycles. The van der Waals surface area contributed by atoms with Crippen LogP contribution < -0.4 is 9.47 Å². The predicted molar refractivity (Wildman–Crippen MR) is 102 cm³/mol. The molecule has 0 aliphatic carbocycles. The van der Waals surface area contributed by atoms with Gasteiger partial charge in [0.25, 0.3) is 5.91 Å². The van der Waals surface area contributed by atoms with Crippen molar-refractivity contribution in [2.75, 3.05) is 27.8 Å². The number of methoxy groups -OCH3 is 2. The Hall–Kier alpha value is -3.08. The van der Waals surface area contributed by atoms with E-state index in [0.29, 0.717) is 23.6 Å². The number of carbonyl (C=O) groups is 1. The number of fused-ring (bicyclic) bond motifs is 1. The molecule has 3 aromatic rings. The van der Waals surface area contributed by atoms with Crippen LogP contribution >= 0.6 is 0 Å². The minimum absolute atomic E-state index is 0.0101. The highest BCUT2D eigenvalue weighted by molar-refractivity contribution is 6.06. The van der Waals surface area contributed by atoms with Crippen LogP contribution in [0.3, 0.4) is 0 Å². The summed E-state index contributed by atoms with van der Waals surface area (Å²) in [5.74, 6) is 1.38. The number of ether oxygens (including phenoxy) is 2. The van der Waals surface area contributed by atoms with Crippen molar-refractivity contribution in [3.8, 4) is 11.5 Å². The molecule has 0 saturated heterocycles. The quantitative estimate of drug-likeness (QED) is 0.682. The van der Waals surface area contributed by atoms with Crippen LogP contribution in [0.5, 0.6) is 11.5 Å². The van der Waals surface area contributed by atoms with E-state index in [1.165, 1.54) is 0 Å². The largest absolute Gasteiger partial charge is 0.493 e. The average molecular weight is 350 g/mol. The summed E-state index contributed by atoms with van der Waals surface area (Å²) in [5, 5.41) is 0.873. The van der Waals surface area contributed by atoms with Gasteiger partial charge in [0.1, 0.15) is 0 Å². The van der Waals surface area contributed by atoms with Gasteiger partial charge in [-0.25, -0.2) is 0 Å². The molecular formula is C21H22N2O3. The molecule has 0 spiro atoms. The normalized spacial score (nSPS) is 10.6. The molecule has 1 aromatic heterocycles. The molecule has 0 N–H and O–H groups in total. The zero-order chi connectivity index (χ0) is 18.5. The second-order valence-corrected chi connectivity index (χ2v) is 6.04. The lowest BCUT2D eigenvalue weighted by molar-refractivity contribution is 0.0798. The molecule has 0 bridgehead atoms. The second-order valence-electron chi connectivity index (χ2n) is 6.04. The molecule has 1 amide bonds. The molecule has 0 atom stereocenters. The van der Waals surface area contributed by atoms with Gasteiger partial charge in [0.15, 0.2) is 11.5 Å². The molecule has 26 heavy (non-hydrogen) atoms. The summed E-state index contributed by atoms with van der Waals surface area (Å²) in [4.78, 5) is 18.9. The Labute approximate surface area is 153 Å². The van der Waals surface area contributed by atoms with Crippen LogP contribution in [0.2, 0.25) is 0 Å². The minimum atomic E-state index is -0.0101. The molecule has 5 nitrogen and oxygen atoms in total. The number of rotatable bonds is 6. The maximum absolute atomic E-state index is 12.9. The van der Waals surface area contributed by atoms with Crippen LogP contribution in [0.15, 0.2) is 54.7 Å². The van der Waals surface area contributed by atoms with Crippen molar-refractivity contribution >= 4 is 16.8 Å². The van der Waals surface area contributed by atoms with E-state index in [4.69, 9.17) is 9.47 Å². The smallest absolute Gasteiger partial charge is 0.254 e. The van der Waals surface area contributed by atoms with Gasteiger partial charge >= 0.3 is 0 Å². The summed E-state index contributed by atoms with van der Waals surface area (Å²) in [6.07, 6.45) is 2.46. The van der Waals surface area contributed by atoms with Crippen molar-refractivity contribution in [1.82, 2.24) is 9.88 Å². The zero-order valence-corrected chi connectivity index (χ0v) is 15.2. The molecule has 3 rings (SSSR count). The number of amides is 1. The summed E-state index contributed by atoms with van der Waals surface area (Å²) >= 11 is 0. The van der Waals surface area contributed by atoms with Gasteiger partial charge < -0.3 is 14.4 Å². The summed E-state index contributed by atoms with van der Waals surface area (Å²) in [5.41, 5.74) is 2.58. The predicted octanol–water partition coefficient (Wildman–Crippen LogP) is 3.57. The Morgan fingerprint density at radius 3 is 2.62 bits per heavy atom. The highest BCUT2D eigenvalue weighted by Crippen LogP contribution is 2.27. The summed E-state index contributed by atoms with van der Waals surface area (Å²) in [6, 6.07) is 15.2. The SMILES string of the molecule is COc1ccc(CCN(C)C(=O)c2cccc3ncccc23)cc1OC. The number of aromatic nitrogens is 1. The first-order valence-corrected chi connectivity index (χ1v) is 8.44. The molecule has 0 aliphatic heterocycles. The van der Waals surface area contributed by atoms with Gasteiger partial charge in [-0.3, -0.25) is 9.78 Å². The van der Waals surface area contributed by atoms with E-state index in [-0.39, 0.29) is 5.91 Å². The fraction of sp³-hybridized carbons (Fsp3) is 0.238. The Bertz CT molecular complexity index is 919. The van der Waals surface area contributed by atoms with Gasteiger partial charge in [-0.15, -0.1) is 0 Å². The third-order valence-corrected chi connectivity index (χ3v) is 4.41. The maximum atomic E-state index is 12.9. The van der Waals surface area contributed by atoms with Crippen molar-refractivity contribution in [1.29, 1.82) is 0 Å². The van der Waals surface area contributed by atoms with E-state index >= 15 is 0 Å². The van der Waals surface area contributed by atoms with Crippen LogP contribution in [-0.2, 0) is 6.42 Å². The lowest BCUT2D eigenvalue weighted by Gasteiger charge is -2.18. The number of nitrogens with zero attached hydrogens (tertiary/aromatic N) is 2. The Morgan fingerprint density at radius 2 is 1.85 bits per heavy atom. The van der Waals surface area contributed by atoms with E-state index in [1.807, 2.05) is 55.6 Å². The number of hydrogen-bond donors (Lipinski definition) is 0. The van der Waals surface area contributed by atoms with Crippen molar-refractivity contribution < 1.29 is 14.3 Å². The van der Waals surface area contributed by atoms with Gasteiger partial charge in [0.2, 0.25) is 0 Å². The van der Waals surface area contributed by atoms with Crippen LogP contribution in [0.25, 0.3) is 10.9 Å². The third-order valence-electron chi connectivity index (χ3n) is 4.41. The summed E-state index contributed by atoms with van der Waals surface area (Å²) in [6.45, 7) is 0.602. The van der Waals surface area contributed by atoms with Crippen molar-refractivity contribution in [3.05, 3.63) is 65.9 Å². The minimum Gasteiger partial charge on any atom is -0.493 e.